The van der Waals surface area contributed by atoms with E-state index >= 15 is 0 Å². The molecule has 5 heteroatoms. The number of nitrogens with zero attached hydrogens (tertiary/aromatic N) is 2. The molecule has 1 rings (SSSR count). The molecule has 16 heavy (non-hydrogen) atoms. The SMILES string of the molecule is CCc1nc(Br)cc(NC(C)(C)COC)n1. The van der Waals surface area contributed by atoms with E-state index in [1.165, 1.54) is 0 Å². The van der Waals surface area contributed by atoms with E-state index in [1.807, 2.05) is 13.0 Å². The van der Waals surface area contributed by atoms with Gasteiger partial charge in [0.25, 0.3) is 0 Å². The standard InChI is InChI=1S/C11H18BrN3O/c1-5-9-13-8(12)6-10(14-9)15-11(2,3)7-16-4/h6H,5,7H2,1-4H3,(H,13,14,15). The Bertz CT molecular complexity index is 355. The average molecular weight is 288 g/mol. The molecule has 1 heterocycles. The van der Waals surface area contributed by atoms with Crippen LogP contribution in [-0.4, -0.2) is 29.2 Å². The molecule has 0 spiro atoms. The van der Waals surface area contributed by atoms with Crippen LogP contribution < -0.4 is 5.32 Å². The lowest BCUT2D eigenvalue weighted by atomic mass is 10.1. The molecule has 0 aliphatic rings. The van der Waals surface area contributed by atoms with Crippen LogP contribution >= 0.6 is 15.9 Å². The number of anilines is 1. The average Bonchev–Trinajstić information content (AvgIpc) is 2.15. The molecule has 0 saturated heterocycles. The van der Waals surface area contributed by atoms with Gasteiger partial charge in [-0.1, -0.05) is 6.92 Å². The van der Waals surface area contributed by atoms with Gasteiger partial charge in [0.15, 0.2) is 0 Å². The number of ether oxygens (including phenoxy) is 1. The van der Waals surface area contributed by atoms with Crippen LogP contribution in [0.2, 0.25) is 0 Å². The first-order valence-electron chi connectivity index (χ1n) is 5.27. The Morgan fingerprint density at radius 2 is 2.12 bits per heavy atom. The number of rotatable bonds is 5. The van der Waals surface area contributed by atoms with Crippen molar-refractivity contribution in [3.8, 4) is 0 Å². The number of hydrogen-bond donors (Lipinski definition) is 1. The third-order valence-corrected chi connectivity index (χ3v) is 2.44. The Hall–Kier alpha value is -0.680. The second-order valence-electron chi connectivity index (χ2n) is 4.29. The maximum Gasteiger partial charge on any atom is 0.131 e. The van der Waals surface area contributed by atoms with Gasteiger partial charge in [-0.3, -0.25) is 0 Å². The van der Waals surface area contributed by atoms with Crippen molar-refractivity contribution >= 4 is 21.7 Å². The Balaban J connectivity index is 2.84. The van der Waals surface area contributed by atoms with Gasteiger partial charge in [-0.25, -0.2) is 9.97 Å². The second kappa shape index (κ2) is 5.59. The fraction of sp³-hybridized carbons (Fsp3) is 0.636. The summed E-state index contributed by atoms with van der Waals surface area (Å²) in [4.78, 5) is 8.67. The van der Waals surface area contributed by atoms with Gasteiger partial charge in [-0.15, -0.1) is 0 Å². The van der Waals surface area contributed by atoms with Crippen LogP contribution in [0.3, 0.4) is 0 Å². The summed E-state index contributed by atoms with van der Waals surface area (Å²) in [5, 5.41) is 3.33. The summed E-state index contributed by atoms with van der Waals surface area (Å²) >= 11 is 3.38. The Kier molecular flexibility index (Phi) is 4.68. The third-order valence-electron chi connectivity index (χ3n) is 2.03. The molecule has 90 valence electrons. The van der Waals surface area contributed by atoms with Crippen LogP contribution in [0.25, 0.3) is 0 Å². The third kappa shape index (κ3) is 4.06. The van der Waals surface area contributed by atoms with Gasteiger partial charge >= 0.3 is 0 Å². The lowest BCUT2D eigenvalue weighted by Gasteiger charge is -2.26. The molecule has 1 N–H and O–H groups in total. The number of halogens is 1. The number of hydrogen-bond acceptors (Lipinski definition) is 4. The number of nitrogens with one attached hydrogen (secondary N) is 1. The molecule has 4 nitrogen and oxygen atoms in total. The highest BCUT2D eigenvalue weighted by Crippen LogP contribution is 2.17. The van der Waals surface area contributed by atoms with Crippen LogP contribution in [0, 0.1) is 0 Å². The molecule has 0 aromatic carbocycles. The van der Waals surface area contributed by atoms with Gasteiger partial charge < -0.3 is 10.1 Å². The first-order valence-corrected chi connectivity index (χ1v) is 6.06. The molecule has 0 amide bonds. The van der Waals surface area contributed by atoms with Crippen LogP contribution in [0.5, 0.6) is 0 Å². The molecular formula is C11H18BrN3O. The predicted molar refractivity (Wildman–Crippen MR) is 68.7 cm³/mol. The summed E-state index contributed by atoms with van der Waals surface area (Å²) < 4.78 is 5.95. The fourth-order valence-electron chi connectivity index (χ4n) is 1.43. The topological polar surface area (TPSA) is 47.0 Å². The van der Waals surface area contributed by atoms with Gasteiger partial charge in [0.1, 0.15) is 16.2 Å². The van der Waals surface area contributed by atoms with Gasteiger partial charge in [0, 0.05) is 19.6 Å². The minimum Gasteiger partial charge on any atom is -0.382 e. The van der Waals surface area contributed by atoms with Crippen molar-refractivity contribution in [2.45, 2.75) is 32.7 Å². The highest BCUT2D eigenvalue weighted by Gasteiger charge is 2.18. The largest absolute Gasteiger partial charge is 0.382 e. The first-order chi connectivity index (χ1) is 7.46. The lowest BCUT2D eigenvalue weighted by molar-refractivity contribution is 0.158. The quantitative estimate of drug-likeness (QED) is 0.846. The van der Waals surface area contributed by atoms with Crippen LogP contribution in [-0.2, 0) is 11.2 Å². The van der Waals surface area contributed by atoms with Crippen LogP contribution in [0.1, 0.15) is 26.6 Å². The summed E-state index contributed by atoms with van der Waals surface area (Å²) in [5.74, 6) is 1.64. The molecule has 1 aromatic heterocycles. The van der Waals surface area contributed by atoms with Crippen molar-refractivity contribution in [1.29, 1.82) is 0 Å². The van der Waals surface area contributed by atoms with E-state index in [9.17, 15) is 0 Å². The summed E-state index contributed by atoms with van der Waals surface area (Å²) in [6, 6.07) is 1.87. The highest BCUT2D eigenvalue weighted by atomic mass is 79.9. The van der Waals surface area contributed by atoms with E-state index in [-0.39, 0.29) is 5.54 Å². The molecular weight excluding hydrogens is 270 g/mol. The zero-order valence-corrected chi connectivity index (χ0v) is 11.8. The van der Waals surface area contributed by atoms with E-state index in [0.29, 0.717) is 6.61 Å². The maximum absolute atomic E-state index is 5.15. The number of methoxy groups -OCH3 is 1. The van der Waals surface area contributed by atoms with Crippen LogP contribution in [0.4, 0.5) is 5.82 Å². The molecule has 0 saturated carbocycles. The lowest BCUT2D eigenvalue weighted by Crippen LogP contribution is -2.36. The predicted octanol–water partition coefficient (Wildman–Crippen LogP) is 2.64. The van der Waals surface area contributed by atoms with Crippen molar-refractivity contribution in [3.63, 3.8) is 0 Å². The highest BCUT2D eigenvalue weighted by molar-refractivity contribution is 9.10. The Morgan fingerprint density at radius 1 is 1.44 bits per heavy atom. The van der Waals surface area contributed by atoms with E-state index in [4.69, 9.17) is 4.74 Å². The van der Waals surface area contributed by atoms with Crippen molar-refractivity contribution in [2.24, 2.45) is 0 Å². The van der Waals surface area contributed by atoms with Crippen LogP contribution in [0.15, 0.2) is 10.7 Å². The zero-order valence-electron chi connectivity index (χ0n) is 10.2. The van der Waals surface area contributed by atoms with Crippen molar-refractivity contribution in [3.05, 3.63) is 16.5 Å². The summed E-state index contributed by atoms with van der Waals surface area (Å²) in [6.07, 6.45) is 0.818. The number of aryl methyl sites for hydroxylation is 1. The monoisotopic (exact) mass is 287 g/mol. The normalized spacial score (nSPS) is 11.6. The maximum atomic E-state index is 5.15. The summed E-state index contributed by atoms with van der Waals surface area (Å²) in [6.45, 7) is 6.79. The zero-order chi connectivity index (χ0) is 12.2. The van der Waals surface area contributed by atoms with Crippen molar-refractivity contribution in [2.75, 3.05) is 19.0 Å². The van der Waals surface area contributed by atoms with E-state index < -0.39 is 0 Å². The van der Waals surface area contributed by atoms with Crippen molar-refractivity contribution < 1.29 is 4.74 Å². The summed E-state index contributed by atoms with van der Waals surface area (Å²) in [7, 11) is 1.69. The summed E-state index contributed by atoms with van der Waals surface area (Å²) in [5.41, 5.74) is -0.145. The molecule has 0 atom stereocenters. The molecule has 0 unspecified atom stereocenters. The van der Waals surface area contributed by atoms with Gasteiger partial charge in [0.05, 0.1) is 12.1 Å². The molecule has 0 bridgehead atoms. The molecule has 0 fully saturated rings. The minimum absolute atomic E-state index is 0.145. The smallest absolute Gasteiger partial charge is 0.131 e. The first kappa shape index (κ1) is 13.4. The Morgan fingerprint density at radius 3 is 2.69 bits per heavy atom. The van der Waals surface area contributed by atoms with Gasteiger partial charge in [-0.05, 0) is 29.8 Å². The number of aromatic nitrogens is 2. The second-order valence-corrected chi connectivity index (χ2v) is 5.10. The molecule has 0 aliphatic heterocycles. The van der Waals surface area contributed by atoms with E-state index in [0.717, 1.165) is 22.7 Å². The van der Waals surface area contributed by atoms with Crippen molar-refractivity contribution in [1.82, 2.24) is 9.97 Å². The fourth-order valence-corrected chi connectivity index (χ4v) is 1.85. The van der Waals surface area contributed by atoms with Gasteiger partial charge in [-0.2, -0.15) is 0 Å². The molecule has 0 aliphatic carbocycles. The minimum atomic E-state index is -0.145. The molecule has 0 radical (unpaired) electrons. The Labute approximate surface area is 105 Å². The molecule has 1 aromatic rings. The van der Waals surface area contributed by atoms with Gasteiger partial charge in [0.2, 0.25) is 0 Å². The van der Waals surface area contributed by atoms with E-state index in [1.54, 1.807) is 7.11 Å². The van der Waals surface area contributed by atoms with E-state index in [2.05, 4.69) is 45.1 Å².